The maximum Gasteiger partial charge on any atom is 0.221 e. The van der Waals surface area contributed by atoms with Gasteiger partial charge in [-0.3, -0.25) is 0 Å². The van der Waals surface area contributed by atoms with Gasteiger partial charge < -0.3 is 15.8 Å². The number of aromatic nitrogens is 2. The molecule has 1 aromatic rings. The lowest BCUT2D eigenvalue weighted by Crippen LogP contribution is -2.09. The highest BCUT2D eigenvalue weighted by molar-refractivity contribution is 5.46. The van der Waals surface area contributed by atoms with Crippen LogP contribution in [0.4, 0.5) is 11.8 Å². The molecule has 1 aromatic heterocycles. The van der Waals surface area contributed by atoms with Crippen molar-refractivity contribution in [3.05, 3.63) is 11.8 Å². The maximum absolute atomic E-state index is 5.60. The van der Waals surface area contributed by atoms with E-state index >= 15 is 0 Å². The molecule has 0 radical (unpaired) electrons. The predicted molar refractivity (Wildman–Crippen MR) is 70.0 cm³/mol. The minimum atomic E-state index is 0.319. The third kappa shape index (κ3) is 4.99. The summed E-state index contributed by atoms with van der Waals surface area (Å²) in [5.74, 6) is 1.18. The van der Waals surface area contributed by atoms with E-state index in [-0.39, 0.29) is 0 Å². The molecule has 5 heteroatoms. The third-order valence-electron chi connectivity index (χ3n) is 2.50. The molecule has 0 spiro atoms. The van der Waals surface area contributed by atoms with Gasteiger partial charge in [0.2, 0.25) is 5.95 Å². The maximum atomic E-state index is 5.60. The summed E-state index contributed by atoms with van der Waals surface area (Å²) in [5, 5.41) is 3.31. The van der Waals surface area contributed by atoms with Gasteiger partial charge in [0.05, 0.1) is 0 Å². The summed E-state index contributed by atoms with van der Waals surface area (Å²) in [6, 6.07) is 0. The van der Waals surface area contributed by atoms with E-state index in [0.717, 1.165) is 50.2 Å². The van der Waals surface area contributed by atoms with Gasteiger partial charge >= 0.3 is 0 Å². The summed E-state index contributed by atoms with van der Waals surface area (Å²) < 4.78 is 5.04. The molecule has 0 unspecified atom stereocenters. The van der Waals surface area contributed by atoms with Gasteiger partial charge in [-0.25, -0.2) is 4.98 Å². The van der Waals surface area contributed by atoms with Gasteiger partial charge in [0.1, 0.15) is 5.82 Å². The second-order valence-electron chi connectivity index (χ2n) is 3.98. The number of ether oxygens (including phenoxy) is 1. The van der Waals surface area contributed by atoms with Gasteiger partial charge in [-0.2, -0.15) is 4.98 Å². The normalized spacial score (nSPS) is 10.5. The number of hydrogen-bond donors (Lipinski definition) is 2. The molecule has 0 saturated heterocycles. The predicted octanol–water partition coefficient (Wildman–Crippen LogP) is 1.85. The minimum Gasteiger partial charge on any atom is -0.385 e. The Labute approximate surface area is 103 Å². The van der Waals surface area contributed by atoms with E-state index in [1.165, 1.54) is 0 Å². The Balaban J connectivity index is 2.59. The standard InChI is InChI=1S/C12H22N4O/c1-3-4-7-14-11-10(6-5-8-17-2)9-15-12(13)16-11/h9H,3-8H2,1-2H3,(H3,13,14,15,16). The Morgan fingerprint density at radius 3 is 2.94 bits per heavy atom. The zero-order valence-electron chi connectivity index (χ0n) is 10.7. The van der Waals surface area contributed by atoms with E-state index in [1.807, 2.05) is 0 Å². The number of nitrogens with two attached hydrogens (primary N) is 1. The molecule has 0 fully saturated rings. The van der Waals surface area contributed by atoms with E-state index in [0.29, 0.717) is 5.95 Å². The molecule has 0 saturated carbocycles. The van der Waals surface area contributed by atoms with Gasteiger partial charge in [-0.05, 0) is 19.3 Å². The quantitative estimate of drug-likeness (QED) is 0.676. The van der Waals surface area contributed by atoms with E-state index in [4.69, 9.17) is 10.5 Å². The van der Waals surface area contributed by atoms with Crippen LogP contribution in [0.15, 0.2) is 6.20 Å². The number of hydrogen-bond acceptors (Lipinski definition) is 5. The Morgan fingerprint density at radius 1 is 1.41 bits per heavy atom. The summed E-state index contributed by atoms with van der Waals surface area (Å²) in [4.78, 5) is 8.27. The molecule has 3 N–H and O–H groups in total. The highest BCUT2D eigenvalue weighted by atomic mass is 16.5. The summed E-state index contributed by atoms with van der Waals surface area (Å²) in [6.45, 7) is 3.83. The zero-order chi connectivity index (χ0) is 12.5. The Bertz CT molecular complexity index is 330. The Kier molecular flexibility index (Phi) is 6.32. The van der Waals surface area contributed by atoms with Crippen LogP contribution in [0.3, 0.4) is 0 Å². The number of nitrogens with zero attached hydrogens (tertiary/aromatic N) is 2. The van der Waals surface area contributed by atoms with Gasteiger partial charge in [-0.1, -0.05) is 13.3 Å². The summed E-state index contributed by atoms with van der Waals surface area (Å²) in [7, 11) is 1.71. The van der Waals surface area contributed by atoms with E-state index in [2.05, 4.69) is 22.2 Å². The smallest absolute Gasteiger partial charge is 0.221 e. The number of nitrogens with one attached hydrogen (secondary N) is 1. The molecule has 0 aliphatic carbocycles. The molecule has 1 heterocycles. The van der Waals surface area contributed by atoms with Crippen molar-refractivity contribution in [1.82, 2.24) is 9.97 Å². The van der Waals surface area contributed by atoms with Crippen molar-refractivity contribution in [3.8, 4) is 0 Å². The molecule has 5 nitrogen and oxygen atoms in total. The first-order valence-electron chi connectivity index (χ1n) is 6.12. The molecule has 1 rings (SSSR count). The van der Waals surface area contributed by atoms with Crippen molar-refractivity contribution in [2.45, 2.75) is 32.6 Å². The zero-order valence-corrected chi connectivity index (χ0v) is 10.7. The van der Waals surface area contributed by atoms with Crippen molar-refractivity contribution >= 4 is 11.8 Å². The van der Waals surface area contributed by atoms with Crippen molar-refractivity contribution in [2.75, 3.05) is 31.3 Å². The fourth-order valence-electron chi connectivity index (χ4n) is 1.55. The fraction of sp³-hybridized carbons (Fsp3) is 0.667. The van der Waals surface area contributed by atoms with Crippen LogP contribution in [-0.2, 0) is 11.2 Å². The van der Waals surface area contributed by atoms with Crippen molar-refractivity contribution < 1.29 is 4.74 Å². The first-order chi connectivity index (χ1) is 8.27. The lowest BCUT2D eigenvalue weighted by atomic mass is 10.2. The van der Waals surface area contributed by atoms with Crippen LogP contribution in [0.5, 0.6) is 0 Å². The Morgan fingerprint density at radius 2 is 2.24 bits per heavy atom. The van der Waals surface area contributed by atoms with E-state index < -0.39 is 0 Å². The molecule has 0 aromatic carbocycles. The number of anilines is 2. The summed E-state index contributed by atoms with van der Waals surface area (Å²) >= 11 is 0. The van der Waals surface area contributed by atoms with Crippen molar-refractivity contribution in [3.63, 3.8) is 0 Å². The number of nitrogen functional groups attached to an aromatic ring is 1. The first-order valence-corrected chi connectivity index (χ1v) is 6.12. The highest BCUT2D eigenvalue weighted by Crippen LogP contribution is 2.14. The van der Waals surface area contributed by atoms with Crippen molar-refractivity contribution in [2.24, 2.45) is 0 Å². The average molecular weight is 238 g/mol. The highest BCUT2D eigenvalue weighted by Gasteiger charge is 2.05. The average Bonchev–Trinajstić information content (AvgIpc) is 2.32. The summed E-state index contributed by atoms with van der Waals surface area (Å²) in [6.07, 6.45) is 5.95. The number of unbranched alkanes of at least 4 members (excludes halogenated alkanes) is 1. The topological polar surface area (TPSA) is 73.1 Å². The van der Waals surface area contributed by atoms with Crippen LogP contribution in [0.1, 0.15) is 31.7 Å². The molecule has 0 atom stereocenters. The van der Waals surface area contributed by atoms with Crippen LogP contribution in [0.25, 0.3) is 0 Å². The molecular weight excluding hydrogens is 216 g/mol. The van der Waals surface area contributed by atoms with E-state index in [1.54, 1.807) is 13.3 Å². The minimum absolute atomic E-state index is 0.319. The van der Waals surface area contributed by atoms with Crippen LogP contribution in [-0.4, -0.2) is 30.2 Å². The lowest BCUT2D eigenvalue weighted by Gasteiger charge is -2.10. The molecule has 0 aliphatic rings. The number of methoxy groups -OCH3 is 1. The molecule has 96 valence electrons. The van der Waals surface area contributed by atoms with Gasteiger partial charge in [-0.15, -0.1) is 0 Å². The third-order valence-corrected chi connectivity index (χ3v) is 2.50. The Hall–Kier alpha value is -1.36. The SMILES string of the molecule is CCCCNc1nc(N)ncc1CCCOC. The summed E-state index contributed by atoms with van der Waals surface area (Å²) in [5.41, 5.74) is 6.70. The fourth-order valence-corrected chi connectivity index (χ4v) is 1.55. The van der Waals surface area contributed by atoms with Gasteiger partial charge in [0.25, 0.3) is 0 Å². The van der Waals surface area contributed by atoms with Gasteiger partial charge in [0.15, 0.2) is 0 Å². The van der Waals surface area contributed by atoms with Crippen LogP contribution in [0, 0.1) is 0 Å². The monoisotopic (exact) mass is 238 g/mol. The number of rotatable bonds is 8. The second kappa shape index (κ2) is 7.84. The second-order valence-corrected chi connectivity index (χ2v) is 3.98. The number of aryl methyl sites for hydroxylation is 1. The van der Waals surface area contributed by atoms with Crippen molar-refractivity contribution in [1.29, 1.82) is 0 Å². The first kappa shape index (κ1) is 13.7. The molecule has 0 amide bonds. The molecule has 0 bridgehead atoms. The lowest BCUT2D eigenvalue weighted by molar-refractivity contribution is 0.195. The van der Waals surface area contributed by atoms with Gasteiger partial charge in [0, 0.05) is 32.0 Å². The largest absolute Gasteiger partial charge is 0.385 e. The van der Waals surface area contributed by atoms with Crippen LogP contribution < -0.4 is 11.1 Å². The molecule has 17 heavy (non-hydrogen) atoms. The molecular formula is C12H22N4O. The van der Waals surface area contributed by atoms with Crippen LogP contribution >= 0.6 is 0 Å². The molecule has 0 aliphatic heterocycles. The van der Waals surface area contributed by atoms with Crippen LogP contribution in [0.2, 0.25) is 0 Å². The van der Waals surface area contributed by atoms with E-state index in [9.17, 15) is 0 Å².